The molecule has 5 heterocycles. The topological polar surface area (TPSA) is 44.3 Å². The highest BCUT2D eigenvalue weighted by Gasteiger charge is 2.53. The van der Waals surface area contributed by atoms with E-state index in [-0.39, 0.29) is 0 Å². The summed E-state index contributed by atoms with van der Waals surface area (Å²) in [6.07, 6.45) is 7.82. The van der Waals surface area contributed by atoms with E-state index >= 15 is 0 Å². The smallest absolute Gasteiger partial charge is 0.222 e. The average Bonchev–Trinajstić information content (AvgIpc) is 3.16. The molecular weight excluding hydrogens is 346 g/mol. The summed E-state index contributed by atoms with van der Waals surface area (Å²) in [6, 6.07) is 12.5. The van der Waals surface area contributed by atoms with Gasteiger partial charge in [0.15, 0.2) is 0 Å². The zero-order valence-electron chi connectivity index (χ0n) is 16.8. The van der Waals surface area contributed by atoms with Gasteiger partial charge in [-0.25, -0.2) is 9.97 Å². The number of fused-ring (bicyclic) bond motifs is 2. The van der Waals surface area contributed by atoms with Crippen molar-refractivity contribution in [3.05, 3.63) is 53.9 Å². The third-order valence-corrected chi connectivity index (χ3v) is 6.95. The van der Waals surface area contributed by atoms with Crippen LogP contribution in [-0.4, -0.2) is 58.0 Å². The van der Waals surface area contributed by atoms with E-state index in [0.717, 1.165) is 37.9 Å². The molecule has 3 atom stereocenters. The first-order valence-electron chi connectivity index (χ1n) is 10.9. The van der Waals surface area contributed by atoms with Crippen LogP contribution in [0.5, 0.6) is 0 Å². The Morgan fingerprint density at radius 1 is 1.04 bits per heavy atom. The van der Waals surface area contributed by atoms with Crippen molar-refractivity contribution < 1.29 is 0 Å². The Kier molecular flexibility index (Phi) is 5.03. The second-order valence-electron chi connectivity index (χ2n) is 8.64. The molecule has 0 saturated carbocycles. The molecule has 2 aromatic rings. The number of nitrogens with one attached hydrogen (secondary N) is 1. The van der Waals surface area contributed by atoms with E-state index in [1.165, 1.54) is 37.1 Å². The van der Waals surface area contributed by atoms with E-state index in [2.05, 4.69) is 62.3 Å². The summed E-state index contributed by atoms with van der Waals surface area (Å²) >= 11 is 0. The molecule has 1 aromatic carbocycles. The molecule has 148 valence electrons. The highest BCUT2D eigenvalue weighted by atomic mass is 15.3. The third-order valence-electron chi connectivity index (χ3n) is 6.95. The van der Waals surface area contributed by atoms with Gasteiger partial charge in [-0.1, -0.05) is 37.3 Å². The van der Waals surface area contributed by atoms with Crippen LogP contribution < -0.4 is 5.32 Å². The number of benzene rings is 1. The largest absolute Gasteiger partial charge is 0.354 e. The van der Waals surface area contributed by atoms with E-state index in [9.17, 15) is 0 Å². The van der Waals surface area contributed by atoms with Crippen LogP contribution in [0.15, 0.2) is 42.7 Å². The van der Waals surface area contributed by atoms with Crippen molar-refractivity contribution in [3.63, 3.8) is 0 Å². The van der Waals surface area contributed by atoms with Gasteiger partial charge >= 0.3 is 0 Å². The molecule has 4 aliphatic heterocycles. The normalized spacial score (nSPS) is 31.7. The second kappa shape index (κ2) is 7.80. The summed E-state index contributed by atoms with van der Waals surface area (Å²) < 4.78 is 0. The number of rotatable bonds is 6. The molecule has 4 saturated heterocycles. The summed E-state index contributed by atoms with van der Waals surface area (Å²) in [7, 11) is 0. The number of nitrogens with zero attached hydrogens (tertiary/aromatic N) is 4. The first kappa shape index (κ1) is 18.1. The van der Waals surface area contributed by atoms with E-state index in [1.54, 1.807) is 0 Å². The molecule has 2 bridgehead atoms. The van der Waals surface area contributed by atoms with Crippen LogP contribution in [-0.2, 0) is 6.54 Å². The molecule has 0 unspecified atom stereocenters. The van der Waals surface area contributed by atoms with Gasteiger partial charge in [0, 0.05) is 55.6 Å². The van der Waals surface area contributed by atoms with Crippen LogP contribution in [0, 0.1) is 5.92 Å². The molecule has 0 aliphatic carbocycles. The van der Waals surface area contributed by atoms with Crippen molar-refractivity contribution in [1.82, 2.24) is 19.8 Å². The molecule has 4 fully saturated rings. The lowest BCUT2D eigenvalue weighted by Crippen LogP contribution is -2.59. The molecule has 0 radical (unpaired) electrons. The fourth-order valence-corrected chi connectivity index (χ4v) is 5.71. The quantitative estimate of drug-likeness (QED) is 0.836. The highest BCUT2D eigenvalue weighted by molar-refractivity contribution is 5.28. The van der Waals surface area contributed by atoms with Crippen LogP contribution in [0.4, 0.5) is 5.95 Å². The Morgan fingerprint density at radius 3 is 2.50 bits per heavy atom. The Morgan fingerprint density at radius 2 is 1.79 bits per heavy atom. The van der Waals surface area contributed by atoms with Crippen molar-refractivity contribution in [2.45, 2.75) is 50.7 Å². The molecule has 5 heteroatoms. The number of likely N-dealkylation sites (tertiary alicyclic amines) is 1. The second-order valence-corrected chi connectivity index (χ2v) is 8.64. The zero-order valence-corrected chi connectivity index (χ0v) is 16.8. The molecule has 5 nitrogen and oxygen atoms in total. The van der Waals surface area contributed by atoms with Gasteiger partial charge in [0.05, 0.1) is 0 Å². The van der Waals surface area contributed by atoms with Crippen LogP contribution in [0.3, 0.4) is 0 Å². The minimum Gasteiger partial charge on any atom is -0.354 e. The minimum absolute atomic E-state index is 0.612. The molecule has 6 rings (SSSR count). The molecule has 0 spiro atoms. The van der Waals surface area contributed by atoms with Crippen molar-refractivity contribution in [1.29, 1.82) is 0 Å². The number of piperidine rings is 3. The van der Waals surface area contributed by atoms with Crippen molar-refractivity contribution in [2.24, 2.45) is 5.92 Å². The lowest BCUT2D eigenvalue weighted by atomic mass is 9.75. The Labute approximate surface area is 168 Å². The maximum Gasteiger partial charge on any atom is 0.222 e. The van der Waals surface area contributed by atoms with Crippen molar-refractivity contribution in [2.75, 3.05) is 31.5 Å². The molecule has 0 amide bonds. The molecule has 1 aromatic heterocycles. The fourth-order valence-electron chi connectivity index (χ4n) is 5.71. The van der Waals surface area contributed by atoms with Crippen LogP contribution >= 0.6 is 0 Å². The van der Waals surface area contributed by atoms with E-state index in [4.69, 9.17) is 0 Å². The Bertz CT molecular complexity index is 769. The minimum atomic E-state index is 0.612. The van der Waals surface area contributed by atoms with E-state index in [0.29, 0.717) is 18.0 Å². The lowest BCUT2D eigenvalue weighted by molar-refractivity contribution is -0.00873. The summed E-state index contributed by atoms with van der Waals surface area (Å²) in [6.45, 7) is 7.74. The molecule has 4 aliphatic rings. The molecule has 1 N–H and O–H groups in total. The van der Waals surface area contributed by atoms with Crippen LogP contribution in [0.1, 0.15) is 43.2 Å². The van der Waals surface area contributed by atoms with E-state index < -0.39 is 0 Å². The number of anilines is 1. The number of hydrogen-bond donors (Lipinski definition) is 1. The predicted octanol–water partition coefficient (Wildman–Crippen LogP) is 3.36. The summed E-state index contributed by atoms with van der Waals surface area (Å²) in [5, 5.41) is 3.27. The maximum atomic E-state index is 4.53. The fraction of sp³-hybridized carbons (Fsp3) is 0.565. The van der Waals surface area contributed by atoms with Gasteiger partial charge in [-0.2, -0.15) is 0 Å². The van der Waals surface area contributed by atoms with Crippen molar-refractivity contribution in [3.8, 4) is 0 Å². The average molecular weight is 378 g/mol. The van der Waals surface area contributed by atoms with Gasteiger partial charge in [-0.05, 0) is 43.8 Å². The van der Waals surface area contributed by atoms with Crippen LogP contribution in [0.2, 0.25) is 0 Å². The molecular formula is C23H31N5. The summed E-state index contributed by atoms with van der Waals surface area (Å²) in [5.41, 5.74) is 2.73. The monoisotopic (exact) mass is 377 g/mol. The van der Waals surface area contributed by atoms with Gasteiger partial charge in [0.25, 0.3) is 0 Å². The van der Waals surface area contributed by atoms with Crippen LogP contribution in [0.25, 0.3) is 0 Å². The molecule has 28 heavy (non-hydrogen) atoms. The zero-order chi connectivity index (χ0) is 18.9. The highest BCUT2D eigenvalue weighted by Crippen LogP contribution is 2.46. The van der Waals surface area contributed by atoms with Gasteiger partial charge in [0.1, 0.15) is 0 Å². The Hall–Kier alpha value is -1.98. The number of aromatic nitrogens is 2. The SMILES string of the molecule is CCCNc1ncc(CN2C[C@H](c3ccccc3)[C@@H]3[C@H]2C2CCN3CC2)cn1. The summed E-state index contributed by atoms with van der Waals surface area (Å²) in [5.74, 6) is 2.20. The standard InChI is InChI=1S/C23H31N5/c1-2-10-24-23-25-13-17(14-26-23)15-28-16-20(18-6-4-3-5-7-18)22-21(28)19-8-11-27(22)12-9-19/h3-7,13-14,19-22H,2,8-12,15-16H2,1H3,(H,24,25,26)/t20-,21-,22-/m1/s1. The Balaban J connectivity index is 1.37. The van der Waals surface area contributed by atoms with Gasteiger partial charge < -0.3 is 5.32 Å². The lowest BCUT2D eigenvalue weighted by Gasteiger charge is -2.51. The maximum absolute atomic E-state index is 4.53. The van der Waals surface area contributed by atoms with Gasteiger partial charge in [0.2, 0.25) is 5.95 Å². The van der Waals surface area contributed by atoms with Gasteiger partial charge in [-0.3, -0.25) is 9.80 Å². The number of hydrogen-bond acceptors (Lipinski definition) is 5. The van der Waals surface area contributed by atoms with Gasteiger partial charge in [-0.15, -0.1) is 0 Å². The predicted molar refractivity (Wildman–Crippen MR) is 112 cm³/mol. The summed E-state index contributed by atoms with van der Waals surface area (Å²) in [4.78, 5) is 14.6. The first-order valence-corrected chi connectivity index (χ1v) is 10.9. The first-order chi connectivity index (χ1) is 13.8. The van der Waals surface area contributed by atoms with Crippen molar-refractivity contribution >= 4 is 5.95 Å². The third kappa shape index (κ3) is 3.31. The van der Waals surface area contributed by atoms with E-state index in [1.807, 2.05) is 12.4 Å².